The van der Waals surface area contributed by atoms with Crippen LogP contribution in [0.5, 0.6) is 0 Å². The largest absolute Gasteiger partial charge is 0.467 e. The molecule has 2 rings (SSSR count). The summed E-state index contributed by atoms with van der Waals surface area (Å²) in [4.78, 5) is 26.8. The van der Waals surface area contributed by atoms with E-state index in [2.05, 4.69) is 4.98 Å². The second-order valence-corrected chi connectivity index (χ2v) is 7.06. The number of hydrogen-bond acceptors (Lipinski definition) is 6. The van der Waals surface area contributed by atoms with E-state index in [1.54, 1.807) is 19.1 Å². The molecule has 0 spiro atoms. The maximum absolute atomic E-state index is 12.1. The SMILES string of the molecule is CCOC(=O)CC(B1OC(C)(C)C(C)(C)O1)c1ccc(C(=O)OC)[nH]1. The van der Waals surface area contributed by atoms with E-state index in [1.165, 1.54) is 7.11 Å². The molecule has 0 saturated carbocycles. The predicted molar refractivity (Wildman–Crippen MR) is 92.2 cm³/mol. The first-order chi connectivity index (χ1) is 11.6. The number of carbonyl (C=O) groups is 2. The van der Waals surface area contributed by atoms with E-state index in [9.17, 15) is 9.59 Å². The lowest BCUT2D eigenvalue weighted by Crippen LogP contribution is -2.41. The monoisotopic (exact) mass is 351 g/mol. The van der Waals surface area contributed by atoms with Gasteiger partial charge in [-0.25, -0.2) is 4.79 Å². The van der Waals surface area contributed by atoms with Gasteiger partial charge in [-0.15, -0.1) is 0 Å². The average Bonchev–Trinajstić information content (AvgIpc) is 3.07. The van der Waals surface area contributed by atoms with Crippen LogP contribution >= 0.6 is 0 Å². The van der Waals surface area contributed by atoms with E-state index in [0.29, 0.717) is 18.0 Å². The number of esters is 2. The predicted octanol–water partition coefficient (Wildman–Crippen LogP) is 2.47. The molecule has 0 amide bonds. The number of ether oxygens (including phenoxy) is 2. The molecule has 0 aliphatic carbocycles. The molecular formula is C17H26BNO6. The molecular weight excluding hydrogens is 325 g/mol. The minimum Gasteiger partial charge on any atom is -0.466 e. The first-order valence-corrected chi connectivity index (χ1v) is 8.39. The summed E-state index contributed by atoms with van der Waals surface area (Å²) in [5.41, 5.74) is -0.0835. The van der Waals surface area contributed by atoms with Gasteiger partial charge >= 0.3 is 19.1 Å². The Morgan fingerprint density at radius 3 is 2.32 bits per heavy atom. The van der Waals surface area contributed by atoms with Crippen molar-refractivity contribution in [1.82, 2.24) is 4.98 Å². The van der Waals surface area contributed by atoms with Crippen molar-refractivity contribution in [2.45, 2.75) is 58.1 Å². The Labute approximate surface area is 148 Å². The highest BCUT2D eigenvalue weighted by Crippen LogP contribution is 2.41. The topological polar surface area (TPSA) is 86.8 Å². The molecule has 7 nitrogen and oxygen atoms in total. The lowest BCUT2D eigenvalue weighted by Gasteiger charge is -2.32. The van der Waals surface area contributed by atoms with Crippen LogP contribution in [0.2, 0.25) is 0 Å². The lowest BCUT2D eigenvalue weighted by atomic mass is 9.68. The van der Waals surface area contributed by atoms with Crippen molar-refractivity contribution in [2.75, 3.05) is 13.7 Å². The summed E-state index contributed by atoms with van der Waals surface area (Å²) in [7, 11) is 0.672. The summed E-state index contributed by atoms with van der Waals surface area (Å²) in [5, 5.41) is 0. The Bertz CT molecular complexity index is 623. The molecule has 1 unspecified atom stereocenters. The number of H-pyrrole nitrogens is 1. The Morgan fingerprint density at radius 2 is 1.80 bits per heavy atom. The van der Waals surface area contributed by atoms with Gasteiger partial charge in [-0.3, -0.25) is 4.79 Å². The molecule has 0 radical (unpaired) electrons. The number of hydrogen-bond donors (Lipinski definition) is 1. The van der Waals surface area contributed by atoms with Gasteiger partial charge in [0.1, 0.15) is 5.69 Å². The zero-order valence-electron chi connectivity index (χ0n) is 15.7. The number of nitrogens with one attached hydrogen (secondary N) is 1. The fourth-order valence-electron chi connectivity index (χ4n) is 2.66. The van der Waals surface area contributed by atoms with Gasteiger partial charge in [0.15, 0.2) is 0 Å². The number of aromatic amines is 1. The van der Waals surface area contributed by atoms with Gasteiger partial charge in [0.2, 0.25) is 0 Å². The molecule has 8 heteroatoms. The number of carbonyl (C=O) groups excluding carboxylic acids is 2. The van der Waals surface area contributed by atoms with Crippen LogP contribution < -0.4 is 0 Å². The minimum absolute atomic E-state index is 0.0752. The van der Waals surface area contributed by atoms with Crippen molar-refractivity contribution in [2.24, 2.45) is 0 Å². The number of rotatable bonds is 6. The third-order valence-electron chi connectivity index (χ3n) is 4.81. The summed E-state index contributed by atoms with van der Waals surface area (Å²) in [6, 6.07) is 3.35. The highest BCUT2D eigenvalue weighted by molar-refractivity contribution is 6.48. The molecule has 2 heterocycles. The molecule has 0 bridgehead atoms. The van der Waals surface area contributed by atoms with E-state index >= 15 is 0 Å². The van der Waals surface area contributed by atoms with Gasteiger partial charge in [0.05, 0.1) is 31.3 Å². The molecule has 1 saturated heterocycles. The quantitative estimate of drug-likeness (QED) is 0.626. The number of aromatic nitrogens is 1. The summed E-state index contributed by atoms with van der Waals surface area (Å²) in [5.74, 6) is -1.26. The molecule has 1 aliphatic rings. The molecule has 1 fully saturated rings. The smallest absolute Gasteiger partial charge is 0.466 e. The van der Waals surface area contributed by atoms with E-state index in [1.807, 2.05) is 27.7 Å². The second kappa shape index (κ2) is 7.21. The first kappa shape index (κ1) is 19.5. The zero-order valence-corrected chi connectivity index (χ0v) is 15.7. The summed E-state index contributed by atoms with van der Waals surface area (Å²) < 4.78 is 22.0. The van der Waals surface area contributed by atoms with Crippen LogP contribution in [-0.2, 0) is 23.6 Å². The van der Waals surface area contributed by atoms with Crippen molar-refractivity contribution >= 4 is 19.1 Å². The molecule has 25 heavy (non-hydrogen) atoms. The van der Waals surface area contributed by atoms with Gasteiger partial charge in [-0.2, -0.15) is 0 Å². The first-order valence-electron chi connectivity index (χ1n) is 8.39. The van der Waals surface area contributed by atoms with Crippen LogP contribution in [-0.4, -0.2) is 49.0 Å². The van der Waals surface area contributed by atoms with Gasteiger partial charge in [-0.05, 0) is 46.8 Å². The average molecular weight is 351 g/mol. The van der Waals surface area contributed by atoms with Crippen molar-refractivity contribution in [1.29, 1.82) is 0 Å². The normalized spacial score (nSPS) is 19.5. The van der Waals surface area contributed by atoms with Crippen molar-refractivity contribution < 1.29 is 28.4 Å². The van der Waals surface area contributed by atoms with Crippen LogP contribution in [0.1, 0.15) is 63.0 Å². The Balaban J connectivity index is 2.29. The highest BCUT2D eigenvalue weighted by Gasteiger charge is 2.54. The summed E-state index contributed by atoms with van der Waals surface area (Å²) in [6.07, 6.45) is 0.0752. The summed E-state index contributed by atoms with van der Waals surface area (Å²) >= 11 is 0. The van der Waals surface area contributed by atoms with Gasteiger partial charge in [0, 0.05) is 11.5 Å². The molecule has 1 aromatic heterocycles. The Morgan fingerprint density at radius 1 is 1.20 bits per heavy atom. The standard InChI is InChI=1S/C17H26BNO6/c1-7-23-14(20)10-11(12-8-9-13(19-12)15(21)22-6)18-24-16(2,3)17(4,5)25-18/h8-9,11,19H,7,10H2,1-6H3. The maximum atomic E-state index is 12.1. The molecule has 138 valence electrons. The molecule has 1 N–H and O–H groups in total. The minimum atomic E-state index is -0.640. The van der Waals surface area contributed by atoms with Crippen LogP contribution in [0.4, 0.5) is 0 Å². The molecule has 1 atom stereocenters. The lowest BCUT2D eigenvalue weighted by molar-refractivity contribution is -0.143. The van der Waals surface area contributed by atoms with Gasteiger partial charge in [0.25, 0.3) is 0 Å². The van der Waals surface area contributed by atoms with E-state index in [4.69, 9.17) is 18.8 Å². The van der Waals surface area contributed by atoms with Gasteiger partial charge in [-0.1, -0.05) is 0 Å². The van der Waals surface area contributed by atoms with Crippen LogP contribution in [0, 0.1) is 0 Å². The molecule has 0 aromatic carbocycles. The van der Waals surface area contributed by atoms with Crippen molar-refractivity contribution in [3.63, 3.8) is 0 Å². The Kier molecular flexibility index (Phi) is 5.63. The molecule has 1 aliphatic heterocycles. The van der Waals surface area contributed by atoms with E-state index < -0.39 is 30.1 Å². The van der Waals surface area contributed by atoms with Crippen LogP contribution in [0.15, 0.2) is 12.1 Å². The van der Waals surface area contributed by atoms with Crippen LogP contribution in [0.3, 0.4) is 0 Å². The van der Waals surface area contributed by atoms with E-state index in [-0.39, 0.29) is 12.4 Å². The highest BCUT2D eigenvalue weighted by atomic mass is 16.7. The fourth-order valence-corrected chi connectivity index (χ4v) is 2.66. The Hall–Kier alpha value is -1.80. The third-order valence-corrected chi connectivity index (χ3v) is 4.81. The van der Waals surface area contributed by atoms with Crippen molar-refractivity contribution in [3.05, 3.63) is 23.5 Å². The maximum Gasteiger partial charge on any atom is 0.467 e. The molecule has 1 aromatic rings. The third kappa shape index (κ3) is 4.07. The number of methoxy groups -OCH3 is 1. The van der Waals surface area contributed by atoms with Crippen LogP contribution in [0.25, 0.3) is 0 Å². The van der Waals surface area contributed by atoms with Crippen molar-refractivity contribution in [3.8, 4) is 0 Å². The van der Waals surface area contributed by atoms with Gasteiger partial charge < -0.3 is 23.8 Å². The fraction of sp³-hybridized carbons (Fsp3) is 0.647. The van der Waals surface area contributed by atoms with E-state index in [0.717, 1.165) is 0 Å². The zero-order chi connectivity index (χ0) is 18.8. The summed E-state index contributed by atoms with van der Waals surface area (Å²) in [6.45, 7) is 9.84. The second-order valence-electron chi connectivity index (χ2n) is 7.06.